The fourth-order valence-corrected chi connectivity index (χ4v) is 4.93. The molecule has 0 N–H and O–H groups in total. The molecule has 0 atom stereocenters. The zero-order chi connectivity index (χ0) is 22.6. The van der Waals surface area contributed by atoms with Gasteiger partial charge in [-0.2, -0.15) is 4.31 Å². The molecule has 0 aliphatic carbocycles. The molecule has 1 heterocycles. The Balaban J connectivity index is 1.60. The Morgan fingerprint density at radius 3 is 2.16 bits per heavy atom. The van der Waals surface area contributed by atoms with Gasteiger partial charge in [0.1, 0.15) is 0 Å². The summed E-state index contributed by atoms with van der Waals surface area (Å²) in [7, 11) is -3.69. The van der Waals surface area contributed by atoms with Crippen LogP contribution in [0.25, 0.3) is 0 Å². The number of amides is 1. The first-order valence-corrected chi connectivity index (χ1v) is 11.8. The summed E-state index contributed by atoms with van der Waals surface area (Å²) in [5.41, 5.74) is 3.60. The fraction of sp³-hybridized carbons (Fsp3) is 0.391. The Morgan fingerprint density at radius 2 is 1.58 bits per heavy atom. The zero-order valence-corrected chi connectivity index (χ0v) is 18.9. The number of carbonyl (C=O) groups excluding carboxylic acids is 2. The molecule has 0 saturated carbocycles. The number of aryl methyl sites for hydroxylation is 2. The van der Waals surface area contributed by atoms with Crippen LogP contribution in [0.5, 0.6) is 0 Å². The second-order valence-corrected chi connectivity index (χ2v) is 9.56. The van der Waals surface area contributed by atoms with Crippen molar-refractivity contribution in [2.45, 2.75) is 32.1 Å². The van der Waals surface area contributed by atoms with Gasteiger partial charge in [-0.15, -0.1) is 0 Å². The predicted octanol–water partition coefficient (Wildman–Crippen LogP) is 2.56. The lowest BCUT2D eigenvalue weighted by Crippen LogP contribution is -2.50. The second-order valence-electron chi connectivity index (χ2n) is 7.63. The summed E-state index contributed by atoms with van der Waals surface area (Å²) in [6.07, 6.45) is 0.309. The molecule has 0 aromatic heterocycles. The topological polar surface area (TPSA) is 84.0 Å². The van der Waals surface area contributed by atoms with E-state index in [9.17, 15) is 18.0 Å². The normalized spacial score (nSPS) is 15.0. The molecular weight excluding hydrogens is 416 g/mol. The molecule has 1 fully saturated rings. The molecular formula is C23H28N2O5S. The summed E-state index contributed by atoms with van der Waals surface area (Å²) in [4.78, 5) is 26.2. The van der Waals surface area contributed by atoms with Crippen LogP contribution in [0, 0.1) is 13.8 Å². The van der Waals surface area contributed by atoms with Crippen molar-refractivity contribution in [2.75, 3.05) is 32.8 Å². The van der Waals surface area contributed by atoms with Crippen molar-refractivity contribution in [3.63, 3.8) is 0 Å². The van der Waals surface area contributed by atoms with Crippen molar-refractivity contribution >= 4 is 21.9 Å². The number of hydrogen-bond acceptors (Lipinski definition) is 5. The molecule has 2 aromatic carbocycles. The highest BCUT2D eigenvalue weighted by Gasteiger charge is 2.30. The summed E-state index contributed by atoms with van der Waals surface area (Å²) in [6.45, 7) is 7.19. The molecule has 0 radical (unpaired) electrons. The fourth-order valence-electron chi connectivity index (χ4n) is 3.50. The number of rotatable bonds is 6. The maximum absolute atomic E-state index is 12.9. The van der Waals surface area contributed by atoms with Crippen LogP contribution < -0.4 is 0 Å². The number of hydrogen-bond donors (Lipinski definition) is 0. The molecule has 166 valence electrons. The van der Waals surface area contributed by atoms with Gasteiger partial charge in [0.05, 0.1) is 23.5 Å². The minimum absolute atomic E-state index is 0.000842. The monoisotopic (exact) mass is 444 g/mol. The van der Waals surface area contributed by atoms with E-state index in [0.717, 1.165) is 11.1 Å². The van der Waals surface area contributed by atoms with Crippen molar-refractivity contribution in [2.24, 2.45) is 0 Å². The minimum atomic E-state index is -3.69. The third kappa shape index (κ3) is 5.32. The van der Waals surface area contributed by atoms with Gasteiger partial charge in [0.15, 0.2) is 0 Å². The average molecular weight is 445 g/mol. The Labute approximate surface area is 183 Å². The lowest BCUT2D eigenvalue weighted by Gasteiger charge is -2.34. The summed E-state index contributed by atoms with van der Waals surface area (Å²) in [5, 5.41) is 0. The standard InChI is InChI=1S/C23H28N2O5S/c1-4-30-23(27)20-7-9-21(10-8-20)31(28,29)25-13-11-24(12-14-25)22(26)16-19-6-5-17(2)18(3)15-19/h5-10,15H,4,11-14,16H2,1-3H3. The predicted molar refractivity (Wildman–Crippen MR) is 117 cm³/mol. The summed E-state index contributed by atoms with van der Waals surface area (Å²) in [6, 6.07) is 11.7. The number of carbonyl (C=O) groups is 2. The highest BCUT2D eigenvalue weighted by molar-refractivity contribution is 7.89. The van der Waals surface area contributed by atoms with Gasteiger partial charge in [0.2, 0.25) is 15.9 Å². The first-order chi connectivity index (χ1) is 14.7. The zero-order valence-electron chi connectivity index (χ0n) is 18.1. The highest BCUT2D eigenvalue weighted by atomic mass is 32.2. The number of sulfonamides is 1. The van der Waals surface area contributed by atoms with Gasteiger partial charge >= 0.3 is 5.97 Å². The largest absolute Gasteiger partial charge is 0.462 e. The van der Waals surface area contributed by atoms with Gasteiger partial charge in [-0.1, -0.05) is 18.2 Å². The maximum Gasteiger partial charge on any atom is 0.338 e. The Morgan fingerprint density at radius 1 is 0.935 bits per heavy atom. The molecule has 8 heteroatoms. The molecule has 0 bridgehead atoms. The highest BCUT2D eigenvalue weighted by Crippen LogP contribution is 2.19. The van der Waals surface area contributed by atoms with Crippen LogP contribution >= 0.6 is 0 Å². The Hall–Kier alpha value is -2.71. The molecule has 2 aromatic rings. The SMILES string of the molecule is CCOC(=O)c1ccc(S(=O)(=O)N2CCN(C(=O)Cc3ccc(C)c(C)c3)CC2)cc1. The molecule has 31 heavy (non-hydrogen) atoms. The number of esters is 1. The Kier molecular flexibility index (Phi) is 7.12. The van der Waals surface area contributed by atoms with Crippen molar-refractivity contribution < 1.29 is 22.7 Å². The smallest absolute Gasteiger partial charge is 0.338 e. The van der Waals surface area contributed by atoms with Crippen molar-refractivity contribution in [3.05, 3.63) is 64.7 Å². The average Bonchev–Trinajstić information content (AvgIpc) is 2.76. The molecule has 3 rings (SSSR count). The van der Waals surface area contributed by atoms with E-state index in [1.807, 2.05) is 32.0 Å². The van der Waals surface area contributed by atoms with Crippen LogP contribution in [0.4, 0.5) is 0 Å². The lowest BCUT2D eigenvalue weighted by atomic mass is 10.0. The molecule has 1 amide bonds. The van der Waals surface area contributed by atoms with Crippen molar-refractivity contribution in [3.8, 4) is 0 Å². The third-order valence-corrected chi connectivity index (χ3v) is 7.43. The van der Waals surface area contributed by atoms with E-state index < -0.39 is 16.0 Å². The van der Waals surface area contributed by atoms with Gasteiger partial charge in [0, 0.05) is 26.2 Å². The Bertz CT molecular complexity index is 1060. The van der Waals surface area contributed by atoms with Crippen LogP contribution in [0.15, 0.2) is 47.4 Å². The van der Waals surface area contributed by atoms with Gasteiger partial charge in [-0.05, 0) is 61.7 Å². The first-order valence-electron chi connectivity index (χ1n) is 10.3. The van der Waals surface area contributed by atoms with Crippen LogP contribution in [-0.2, 0) is 26.0 Å². The maximum atomic E-state index is 12.9. The first kappa shape index (κ1) is 23.0. The van der Waals surface area contributed by atoms with Crippen LogP contribution in [-0.4, -0.2) is 62.3 Å². The van der Waals surface area contributed by atoms with Crippen LogP contribution in [0.1, 0.15) is 34.0 Å². The summed E-state index contributed by atoms with van der Waals surface area (Å²) in [5.74, 6) is -0.485. The van der Waals surface area contributed by atoms with E-state index in [-0.39, 0.29) is 30.5 Å². The van der Waals surface area contributed by atoms with E-state index >= 15 is 0 Å². The van der Waals surface area contributed by atoms with E-state index in [1.54, 1.807) is 11.8 Å². The minimum Gasteiger partial charge on any atom is -0.462 e. The van der Waals surface area contributed by atoms with Gasteiger partial charge in [-0.25, -0.2) is 13.2 Å². The van der Waals surface area contributed by atoms with Gasteiger partial charge < -0.3 is 9.64 Å². The summed E-state index contributed by atoms with van der Waals surface area (Å²) < 4.78 is 32.2. The van der Waals surface area contributed by atoms with E-state index in [4.69, 9.17) is 4.74 Å². The van der Waals surface area contributed by atoms with Crippen molar-refractivity contribution in [1.82, 2.24) is 9.21 Å². The molecule has 0 spiro atoms. The number of ether oxygens (including phenoxy) is 1. The van der Waals surface area contributed by atoms with E-state index in [1.165, 1.54) is 34.1 Å². The van der Waals surface area contributed by atoms with Crippen LogP contribution in [0.3, 0.4) is 0 Å². The number of benzene rings is 2. The van der Waals surface area contributed by atoms with Crippen molar-refractivity contribution in [1.29, 1.82) is 0 Å². The third-order valence-electron chi connectivity index (χ3n) is 5.52. The van der Waals surface area contributed by atoms with Crippen LogP contribution in [0.2, 0.25) is 0 Å². The quantitative estimate of drug-likeness (QED) is 0.640. The van der Waals surface area contributed by atoms with Gasteiger partial charge in [-0.3, -0.25) is 4.79 Å². The molecule has 1 aliphatic rings. The molecule has 7 nitrogen and oxygen atoms in total. The summed E-state index contributed by atoms with van der Waals surface area (Å²) >= 11 is 0. The molecule has 1 saturated heterocycles. The van der Waals surface area contributed by atoms with E-state index in [2.05, 4.69) is 0 Å². The molecule has 1 aliphatic heterocycles. The number of piperazine rings is 1. The second kappa shape index (κ2) is 9.62. The van der Waals surface area contributed by atoms with Gasteiger partial charge in [0.25, 0.3) is 0 Å². The van der Waals surface area contributed by atoms with E-state index in [0.29, 0.717) is 25.1 Å². The molecule has 0 unspecified atom stereocenters. The lowest BCUT2D eigenvalue weighted by molar-refractivity contribution is -0.131. The number of nitrogens with zero attached hydrogens (tertiary/aromatic N) is 2.